The second-order valence-corrected chi connectivity index (χ2v) is 13.5. The number of nitrogens with zero attached hydrogens (tertiary/aromatic N) is 2. The van der Waals surface area contributed by atoms with E-state index < -0.39 is 0 Å². The van der Waals surface area contributed by atoms with Gasteiger partial charge >= 0.3 is 0 Å². The summed E-state index contributed by atoms with van der Waals surface area (Å²) >= 11 is 0. The Morgan fingerprint density at radius 2 is 1.81 bits per heavy atom. The third kappa shape index (κ3) is 6.45. The van der Waals surface area contributed by atoms with Crippen LogP contribution in [0.2, 0.25) is 0 Å². The smallest absolute Gasteiger partial charge is 0.256 e. The third-order valence-corrected chi connectivity index (χ3v) is 10.7. The van der Waals surface area contributed by atoms with Gasteiger partial charge in [-0.2, -0.15) is 0 Å². The lowest BCUT2D eigenvalue weighted by Gasteiger charge is -2.37. The summed E-state index contributed by atoms with van der Waals surface area (Å²) in [4.78, 5) is 33.2. The van der Waals surface area contributed by atoms with Crippen molar-refractivity contribution in [2.24, 2.45) is 0 Å². The number of ether oxygens (including phenoxy) is 3. The molecular formula is C38H50N4O5. The van der Waals surface area contributed by atoms with Crippen LogP contribution in [0.25, 0.3) is 11.1 Å². The number of aromatic amines is 1. The number of pyridine rings is 1. The number of anilines is 2. The molecule has 9 heteroatoms. The molecule has 0 saturated carbocycles. The van der Waals surface area contributed by atoms with Crippen molar-refractivity contribution in [2.45, 2.75) is 84.3 Å². The van der Waals surface area contributed by atoms with E-state index in [9.17, 15) is 9.59 Å². The molecule has 0 radical (unpaired) electrons. The number of hydrogen-bond donors (Lipinski definition) is 2. The lowest BCUT2D eigenvalue weighted by Crippen LogP contribution is -2.40. The van der Waals surface area contributed by atoms with Crippen molar-refractivity contribution in [3.8, 4) is 16.9 Å². The Bertz CT molecular complexity index is 1670. The summed E-state index contributed by atoms with van der Waals surface area (Å²) in [6, 6.07) is 13.5. The van der Waals surface area contributed by atoms with Crippen molar-refractivity contribution >= 4 is 17.3 Å². The molecule has 0 aliphatic carbocycles. The van der Waals surface area contributed by atoms with Crippen LogP contribution in [0, 0.1) is 13.8 Å². The minimum atomic E-state index is -0.139. The average molecular weight is 643 g/mol. The molecule has 4 heterocycles. The topological polar surface area (TPSA) is 96.1 Å². The van der Waals surface area contributed by atoms with E-state index in [-0.39, 0.29) is 22.9 Å². The van der Waals surface area contributed by atoms with Crippen LogP contribution >= 0.6 is 0 Å². The van der Waals surface area contributed by atoms with Crippen molar-refractivity contribution in [1.82, 2.24) is 10.3 Å². The number of carbonyl (C=O) groups excluding carboxylic acids is 1. The van der Waals surface area contributed by atoms with E-state index in [0.29, 0.717) is 30.4 Å². The molecule has 3 aromatic rings. The van der Waals surface area contributed by atoms with Crippen molar-refractivity contribution in [3.63, 3.8) is 0 Å². The maximum atomic E-state index is 12.9. The molecule has 1 spiro atoms. The van der Waals surface area contributed by atoms with Crippen molar-refractivity contribution < 1.29 is 19.0 Å². The van der Waals surface area contributed by atoms with Gasteiger partial charge in [0.25, 0.3) is 5.56 Å². The zero-order chi connectivity index (χ0) is 33.3. The van der Waals surface area contributed by atoms with E-state index in [1.54, 1.807) is 14.0 Å². The molecule has 0 bridgehead atoms. The Kier molecular flexibility index (Phi) is 9.78. The Hall–Kier alpha value is -3.66. The molecule has 1 atom stereocenters. The summed E-state index contributed by atoms with van der Waals surface area (Å²) in [5, 5.41) is 3.63. The van der Waals surface area contributed by atoms with Gasteiger partial charge in [-0.3, -0.25) is 9.59 Å². The number of methoxy groups -OCH3 is 1. The lowest BCUT2D eigenvalue weighted by molar-refractivity contribution is -0.116. The van der Waals surface area contributed by atoms with Crippen LogP contribution in [-0.2, 0) is 26.2 Å². The Labute approximate surface area is 278 Å². The Balaban J connectivity index is 1.42. The zero-order valence-electron chi connectivity index (χ0n) is 28.8. The van der Waals surface area contributed by atoms with Crippen LogP contribution < -0.4 is 25.4 Å². The van der Waals surface area contributed by atoms with Gasteiger partial charge in [0.05, 0.1) is 12.7 Å². The zero-order valence-corrected chi connectivity index (χ0v) is 28.8. The molecule has 2 aromatic carbocycles. The maximum absolute atomic E-state index is 12.9. The summed E-state index contributed by atoms with van der Waals surface area (Å²) in [5.41, 5.74) is 9.28. The van der Waals surface area contributed by atoms with Gasteiger partial charge in [0.1, 0.15) is 5.75 Å². The first-order valence-corrected chi connectivity index (χ1v) is 17.2. The minimum absolute atomic E-state index is 0.0449. The van der Waals surface area contributed by atoms with Crippen molar-refractivity contribution in [1.29, 1.82) is 0 Å². The molecule has 9 nitrogen and oxygen atoms in total. The number of nitrogens with one attached hydrogen (secondary N) is 2. The first kappa shape index (κ1) is 33.2. The number of aryl methyl sites for hydroxylation is 1. The van der Waals surface area contributed by atoms with E-state index >= 15 is 0 Å². The number of fused-ring (bicyclic) bond motifs is 2. The predicted octanol–water partition coefficient (Wildman–Crippen LogP) is 5.94. The highest BCUT2D eigenvalue weighted by molar-refractivity contribution is 5.96. The van der Waals surface area contributed by atoms with Crippen LogP contribution in [0.15, 0.2) is 41.2 Å². The fourth-order valence-electron chi connectivity index (χ4n) is 7.99. The van der Waals surface area contributed by atoms with Gasteiger partial charge in [0.15, 0.2) is 0 Å². The average Bonchev–Trinajstić information content (AvgIpc) is 3.38. The third-order valence-electron chi connectivity index (χ3n) is 10.7. The monoisotopic (exact) mass is 642 g/mol. The van der Waals surface area contributed by atoms with Gasteiger partial charge in [0, 0.05) is 87.6 Å². The van der Waals surface area contributed by atoms with Gasteiger partial charge in [-0.1, -0.05) is 12.1 Å². The molecule has 2 saturated heterocycles. The van der Waals surface area contributed by atoms with Gasteiger partial charge in [-0.05, 0) is 105 Å². The molecular weight excluding hydrogens is 592 g/mol. The highest BCUT2D eigenvalue weighted by Gasteiger charge is 2.45. The standard InChI is InChI=1S/C38H50N4O5/c1-7-41(30-10-14-46-15-11-30)34-21-29(19-31(25(34)3)26(4)39-22-32-36(45-6)18-24(2)40-37(32)44)28-8-9-33-35(20-28)42(27(5)43)23-38(33)12-16-47-17-13-38/h8-9,18-21,26,30,39H,7,10-17,22-23H2,1-6H3,(H,40,44). The van der Waals surface area contributed by atoms with E-state index in [4.69, 9.17) is 14.2 Å². The van der Waals surface area contributed by atoms with Gasteiger partial charge in [0.2, 0.25) is 5.91 Å². The van der Waals surface area contributed by atoms with Gasteiger partial charge < -0.3 is 34.3 Å². The molecule has 1 aromatic heterocycles. The summed E-state index contributed by atoms with van der Waals surface area (Å²) < 4.78 is 17.0. The Morgan fingerprint density at radius 1 is 1.09 bits per heavy atom. The summed E-state index contributed by atoms with van der Waals surface area (Å²) in [6.45, 7) is 15.1. The van der Waals surface area contributed by atoms with E-state index in [0.717, 1.165) is 81.2 Å². The SMILES string of the molecule is CCN(c1cc(-c2ccc3c(c2)N(C(C)=O)CC32CCOCC2)cc(C(C)NCc2c(OC)cc(C)[nH]c2=O)c1C)C1CCOCC1. The number of amides is 1. The van der Waals surface area contributed by atoms with Crippen LogP contribution in [0.5, 0.6) is 5.75 Å². The first-order chi connectivity index (χ1) is 22.7. The van der Waals surface area contributed by atoms with Gasteiger partial charge in [-0.15, -0.1) is 0 Å². The predicted molar refractivity (Wildman–Crippen MR) is 187 cm³/mol. The fourth-order valence-corrected chi connectivity index (χ4v) is 7.99. The minimum Gasteiger partial charge on any atom is -0.496 e. The molecule has 252 valence electrons. The molecule has 2 fully saturated rings. The highest BCUT2D eigenvalue weighted by Crippen LogP contribution is 2.48. The first-order valence-electron chi connectivity index (χ1n) is 17.2. The fraction of sp³-hybridized carbons (Fsp3) is 0.526. The van der Waals surface area contributed by atoms with E-state index in [1.165, 1.54) is 22.4 Å². The number of hydrogen-bond acceptors (Lipinski definition) is 7. The molecule has 3 aliphatic rings. The van der Waals surface area contributed by atoms with E-state index in [1.807, 2.05) is 17.9 Å². The lowest BCUT2D eigenvalue weighted by atomic mass is 9.75. The normalized spacial score (nSPS) is 18.3. The largest absolute Gasteiger partial charge is 0.496 e. The second-order valence-electron chi connectivity index (χ2n) is 13.5. The molecule has 6 rings (SSSR count). The van der Waals surface area contributed by atoms with Gasteiger partial charge in [-0.25, -0.2) is 0 Å². The maximum Gasteiger partial charge on any atom is 0.256 e. The van der Waals surface area contributed by atoms with Crippen LogP contribution in [0.4, 0.5) is 11.4 Å². The number of rotatable bonds is 9. The molecule has 47 heavy (non-hydrogen) atoms. The number of aromatic nitrogens is 1. The second kappa shape index (κ2) is 13.8. The van der Waals surface area contributed by atoms with Crippen molar-refractivity contribution in [2.75, 3.05) is 56.4 Å². The van der Waals surface area contributed by atoms with Crippen LogP contribution in [0.1, 0.15) is 80.4 Å². The van der Waals surface area contributed by atoms with Crippen LogP contribution in [0.3, 0.4) is 0 Å². The van der Waals surface area contributed by atoms with E-state index in [2.05, 4.69) is 66.3 Å². The molecule has 2 N–H and O–H groups in total. The molecule has 3 aliphatic heterocycles. The molecule has 1 amide bonds. The number of carbonyl (C=O) groups is 1. The highest BCUT2D eigenvalue weighted by atomic mass is 16.5. The molecule has 1 unspecified atom stereocenters. The quantitative estimate of drug-likeness (QED) is 0.298. The summed E-state index contributed by atoms with van der Waals surface area (Å²) in [5.74, 6) is 0.664. The van der Waals surface area contributed by atoms with Crippen molar-refractivity contribution in [3.05, 3.63) is 74.7 Å². The summed E-state index contributed by atoms with van der Waals surface area (Å²) in [6.07, 6.45) is 3.84. The number of benzene rings is 2. The summed E-state index contributed by atoms with van der Waals surface area (Å²) in [7, 11) is 1.60. The Morgan fingerprint density at radius 3 is 2.49 bits per heavy atom. The van der Waals surface area contributed by atoms with Crippen LogP contribution in [-0.4, -0.2) is 63.6 Å². The number of H-pyrrole nitrogens is 1.